The Morgan fingerprint density at radius 3 is 0.964 bits per heavy atom. The van der Waals surface area contributed by atoms with Crippen molar-refractivity contribution >= 4 is 67.9 Å². The van der Waals surface area contributed by atoms with E-state index in [9.17, 15) is 0 Å². The normalized spacial score (nSPS) is 15.1. The van der Waals surface area contributed by atoms with E-state index < -0.39 is 0 Å². The molecular formula is C26H18N2. The molecule has 2 aliphatic heterocycles. The molecule has 0 spiro atoms. The van der Waals surface area contributed by atoms with Gasteiger partial charge < -0.3 is 9.80 Å². The minimum Gasteiger partial charge on any atom is -0.356 e. The van der Waals surface area contributed by atoms with E-state index in [1.807, 2.05) is 0 Å². The molecule has 2 heteroatoms. The molecule has 0 amide bonds. The summed E-state index contributed by atoms with van der Waals surface area (Å²) in [5.41, 5.74) is 0. The van der Waals surface area contributed by atoms with E-state index in [2.05, 4.69) is 97.2 Å². The molecule has 0 saturated carbocycles. The first kappa shape index (κ1) is 14.5. The Morgan fingerprint density at radius 2 is 0.679 bits per heavy atom. The monoisotopic (exact) mass is 358 g/mol. The molecule has 0 aliphatic carbocycles. The van der Waals surface area contributed by atoms with Crippen LogP contribution < -0.4 is 20.9 Å². The van der Waals surface area contributed by atoms with E-state index in [0.29, 0.717) is 0 Å². The fourth-order valence-corrected chi connectivity index (χ4v) is 5.38. The van der Waals surface area contributed by atoms with Crippen LogP contribution in [0.4, 0.5) is 0 Å². The Labute approximate surface area is 161 Å². The zero-order valence-electron chi connectivity index (χ0n) is 15.8. The summed E-state index contributed by atoms with van der Waals surface area (Å²) in [6, 6.07) is 18.4. The molecule has 2 nitrogen and oxygen atoms in total. The van der Waals surface area contributed by atoms with Crippen LogP contribution in [0.5, 0.6) is 0 Å². The molecular weight excluding hydrogens is 340 g/mol. The maximum atomic E-state index is 2.32. The van der Waals surface area contributed by atoms with E-state index >= 15 is 0 Å². The molecule has 0 fully saturated rings. The second-order valence-corrected chi connectivity index (χ2v) is 8.16. The first-order valence-electron chi connectivity index (χ1n) is 9.72. The maximum absolute atomic E-state index is 2.32. The fraction of sp³-hybridized carbons (Fsp3) is 0.0769. The Morgan fingerprint density at radius 1 is 0.393 bits per heavy atom. The summed E-state index contributed by atoms with van der Waals surface area (Å²) < 4.78 is 0. The molecule has 0 unspecified atom stereocenters. The maximum Gasteiger partial charge on any atom is 0.0110 e. The Kier molecular flexibility index (Phi) is 2.42. The van der Waals surface area contributed by atoms with Gasteiger partial charge in [-0.25, -0.2) is 0 Å². The molecule has 28 heavy (non-hydrogen) atoms. The second kappa shape index (κ2) is 4.66. The Hall–Kier alpha value is -3.52. The van der Waals surface area contributed by atoms with Crippen LogP contribution in [0.2, 0.25) is 0 Å². The summed E-state index contributed by atoms with van der Waals surface area (Å²) >= 11 is 0. The average molecular weight is 358 g/mol. The van der Waals surface area contributed by atoms with Gasteiger partial charge in [-0.2, -0.15) is 0 Å². The highest BCUT2D eigenvalue weighted by atomic mass is 15.1. The van der Waals surface area contributed by atoms with Gasteiger partial charge in [-0.3, -0.25) is 0 Å². The summed E-state index contributed by atoms with van der Waals surface area (Å²) in [7, 11) is 4.20. The third kappa shape index (κ3) is 1.60. The highest BCUT2D eigenvalue weighted by molar-refractivity contribution is 6.33. The van der Waals surface area contributed by atoms with Gasteiger partial charge in [0.1, 0.15) is 0 Å². The molecule has 0 saturated heterocycles. The molecule has 0 bridgehead atoms. The highest BCUT2D eigenvalue weighted by Crippen LogP contribution is 2.37. The van der Waals surface area contributed by atoms with Gasteiger partial charge in [0.2, 0.25) is 0 Å². The van der Waals surface area contributed by atoms with Crippen molar-refractivity contribution in [3.8, 4) is 0 Å². The SMILES string of the molecule is CN1C=c2ccc3c4ccc5c6c(ccc(c7ccc(c2c37)=C1)c64)=CN(C)C=5. The largest absolute Gasteiger partial charge is 0.356 e. The number of rotatable bonds is 0. The Bertz CT molecular complexity index is 1490. The summed E-state index contributed by atoms with van der Waals surface area (Å²) in [6.07, 6.45) is 8.91. The van der Waals surface area contributed by atoms with E-state index in [1.165, 1.54) is 64.0 Å². The molecule has 0 radical (unpaired) electrons. The lowest BCUT2D eigenvalue weighted by Crippen LogP contribution is -2.25. The lowest BCUT2D eigenvalue weighted by atomic mass is 9.87. The minimum absolute atomic E-state index is 1.30. The molecule has 2 heterocycles. The van der Waals surface area contributed by atoms with Gasteiger partial charge in [-0.05, 0) is 53.2 Å². The predicted octanol–water partition coefficient (Wildman–Crippen LogP) is 2.58. The number of hydrogen-bond donors (Lipinski definition) is 0. The van der Waals surface area contributed by atoms with Crippen LogP contribution in [-0.4, -0.2) is 23.9 Å². The molecule has 0 atom stereocenters. The van der Waals surface area contributed by atoms with Crippen molar-refractivity contribution in [3.63, 3.8) is 0 Å². The third-order valence-electron chi connectivity index (χ3n) is 6.40. The van der Waals surface area contributed by atoms with Crippen LogP contribution >= 0.6 is 0 Å². The summed E-state index contributed by atoms with van der Waals surface area (Å²) in [5, 5.41) is 16.2. The second-order valence-electron chi connectivity index (χ2n) is 8.16. The molecule has 0 N–H and O–H groups in total. The van der Waals surface area contributed by atoms with E-state index in [0.717, 1.165) is 0 Å². The van der Waals surface area contributed by atoms with Crippen molar-refractivity contribution in [3.05, 3.63) is 69.4 Å². The first-order valence-corrected chi connectivity index (χ1v) is 9.72. The average Bonchev–Trinajstić information content (AvgIpc) is 2.69. The number of hydrogen-bond acceptors (Lipinski definition) is 2. The van der Waals surface area contributed by atoms with Crippen LogP contribution in [-0.2, 0) is 0 Å². The zero-order valence-corrected chi connectivity index (χ0v) is 15.8. The molecule has 132 valence electrons. The van der Waals surface area contributed by atoms with Gasteiger partial charge >= 0.3 is 0 Å². The van der Waals surface area contributed by atoms with Gasteiger partial charge in [0.15, 0.2) is 0 Å². The smallest absolute Gasteiger partial charge is 0.0110 e. The van der Waals surface area contributed by atoms with Gasteiger partial charge in [0.05, 0.1) is 0 Å². The summed E-state index contributed by atoms with van der Waals surface area (Å²) in [6.45, 7) is 0. The number of benzene rings is 5. The van der Waals surface area contributed by atoms with Crippen LogP contribution in [0.15, 0.2) is 48.5 Å². The van der Waals surface area contributed by atoms with Crippen LogP contribution in [0, 0.1) is 0 Å². The van der Waals surface area contributed by atoms with Crippen molar-refractivity contribution in [2.75, 3.05) is 14.1 Å². The van der Waals surface area contributed by atoms with Crippen molar-refractivity contribution in [2.24, 2.45) is 0 Å². The molecule has 0 aromatic heterocycles. The van der Waals surface area contributed by atoms with Crippen molar-refractivity contribution in [1.82, 2.24) is 9.80 Å². The quantitative estimate of drug-likeness (QED) is 0.310. The Balaban J connectivity index is 1.87. The topological polar surface area (TPSA) is 6.48 Å². The highest BCUT2D eigenvalue weighted by Gasteiger charge is 2.17. The number of fused-ring (bicyclic) bond motifs is 2. The van der Waals surface area contributed by atoms with Crippen molar-refractivity contribution in [1.29, 1.82) is 0 Å². The van der Waals surface area contributed by atoms with Gasteiger partial charge in [-0.1, -0.05) is 48.5 Å². The summed E-state index contributed by atoms with van der Waals surface area (Å²) in [4.78, 5) is 4.31. The van der Waals surface area contributed by atoms with E-state index in [-0.39, 0.29) is 0 Å². The van der Waals surface area contributed by atoms with Crippen LogP contribution in [0.3, 0.4) is 0 Å². The standard InChI is InChI=1S/C26H18N2/c1-27-11-15-3-7-19-21-9-5-17-13-28(2)14-18-6-10-22(26(21)24(17)18)20-8-4-16(12-27)23(15)25(19)20/h3-14H,1-2H3. The molecule has 2 aliphatic rings. The van der Waals surface area contributed by atoms with E-state index in [4.69, 9.17) is 0 Å². The minimum atomic E-state index is 1.30. The molecule has 5 aromatic carbocycles. The lowest BCUT2D eigenvalue weighted by Gasteiger charge is -2.20. The predicted molar refractivity (Wildman–Crippen MR) is 120 cm³/mol. The molecule has 7 rings (SSSR count). The van der Waals surface area contributed by atoms with Crippen molar-refractivity contribution in [2.45, 2.75) is 0 Å². The third-order valence-corrected chi connectivity index (χ3v) is 6.40. The van der Waals surface area contributed by atoms with Crippen molar-refractivity contribution < 1.29 is 0 Å². The van der Waals surface area contributed by atoms with Gasteiger partial charge in [0.25, 0.3) is 0 Å². The summed E-state index contributed by atoms with van der Waals surface area (Å²) in [5.74, 6) is 0. The van der Waals surface area contributed by atoms with Gasteiger partial charge in [-0.15, -0.1) is 0 Å². The first-order chi connectivity index (χ1) is 13.7. The van der Waals surface area contributed by atoms with Gasteiger partial charge in [0, 0.05) is 49.7 Å². The lowest BCUT2D eigenvalue weighted by molar-refractivity contribution is 0.735. The fourth-order valence-electron chi connectivity index (χ4n) is 5.38. The number of nitrogens with zero attached hydrogens (tertiary/aromatic N) is 2. The van der Waals surface area contributed by atoms with E-state index in [1.54, 1.807) is 0 Å². The van der Waals surface area contributed by atoms with Crippen LogP contribution in [0.1, 0.15) is 0 Å². The zero-order chi connectivity index (χ0) is 18.6. The van der Waals surface area contributed by atoms with Crippen LogP contribution in [0.25, 0.3) is 67.9 Å². The molecule has 5 aromatic rings.